The summed E-state index contributed by atoms with van der Waals surface area (Å²) in [6, 6.07) is 9.53. The molecule has 4 atom stereocenters. The molecule has 3 aliphatic heterocycles. The van der Waals surface area contributed by atoms with Crippen LogP contribution in [-0.4, -0.2) is 62.3 Å². The number of methoxy groups -OCH3 is 4. The molecule has 0 unspecified atom stereocenters. The molecule has 10 heteroatoms. The summed E-state index contributed by atoms with van der Waals surface area (Å²) in [7, 11) is 6.44. The molecule has 0 aliphatic carbocycles. The fourth-order valence-corrected chi connectivity index (χ4v) is 6.65. The van der Waals surface area contributed by atoms with E-state index >= 15 is 0 Å². The number of nitro groups is 1. The highest BCUT2D eigenvalue weighted by molar-refractivity contribution is 5.52. The van der Waals surface area contributed by atoms with Crippen LogP contribution in [0.2, 0.25) is 0 Å². The summed E-state index contributed by atoms with van der Waals surface area (Å²) < 4.78 is 28.3. The van der Waals surface area contributed by atoms with E-state index in [0.717, 1.165) is 35.1 Å². The molecule has 0 bridgehead atoms. The second kappa shape index (κ2) is 9.52. The monoisotopic (exact) mass is 521 g/mol. The number of fused-ring (bicyclic) bond motifs is 7. The Morgan fingerprint density at radius 1 is 0.816 bits per heavy atom. The average Bonchev–Trinajstić information content (AvgIpc) is 3.48. The molecule has 0 spiro atoms. The quantitative estimate of drug-likeness (QED) is 0.349. The predicted octanol–water partition coefficient (Wildman–Crippen LogP) is 4.17. The molecule has 4 heterocycles. The lowest BCUT2D eigenvalue weighted by atomic mass is 9.78. The third-order valence-electron chi connectivity index (χ3n) is 8.23. The largest absolute Gasteiger partial charge is 0.493 e. The smallest absolute Gasteiger partial charge is 0.255 e. The van der Waals surface area contributed by atoms with Crippen molar-refractivity contribution < 1.29 is 28.3 Å². The molecule has 10 nitrogen and oxygen atoms in total. The first-order valence-corrected chi connectivity index (χ1v) is 12.7. The van der Waals surface area contributed by atoms with Crippen LogP contribution in [0.15, 0.2) is 47.1 Å². The van der Waals surface area contributed by atoms with Crippen molar-refractivity contribution in [1.82, 2.24) is 9.80 Å². The van der Waals surface area contributed by atoms with Crippen molar-refractivity contribution in [3.8, 4) is 23.0 Å². The van der Waals surface area contributed by atoms with Gasteiger partial charge in [-0.15, -0.1) is 0 Å². The fourth-order valence-electron chi connectivity index (χ4n) is 6.65. The molecule has 1 aromatic heterocycles. The van der Waals surface area contributed by atoms with Crippen molar-refractivity contribution >= 4 is 0 Å². The van der Waals surface area contributed by atoms with Crippen molar-refractivity contribution in [1.29, 1.82) is 0 Å². The number of benzene rings is 2. The zero-order chi connectivity index (χ0) is 26.6. The number of nitrogens with zero attached hydrogens (tertiary/aromatic N) is 3. The Bertz CT molecular complexity index is 1360. The summed E-state index contributed by atoms with van der Waals surface area (Å²) in [6.45, 7) is 1.29. The molecular formula is C28H31N3O7. The molecule has 1 saturated heterocycles. The highest BCUT2D eigenvalue weighted by Crippen LogP contribution is 2.55. The van der Waals surface area contributed by atoms with Gasteiger partial charge in [0.1, 0.15) is 17.8 Å². The summed E-state index contributed by atoms with van der Waals surface area (Å²) in [4.78, 5) is 17.3. The Kier molecular flexibility index (Phi) is 6.16. The van der Waals surface area contributed by atoms with Gasteiger partial charge in [0, 0.05) is 18.0 Å². The van der Waals surface area contributed by atoms with E-state index in [1.54, 1.807) is 40.8 Å². The molecule has 3 aromatic rings. The maximum absolute atomic E-state index is 12.9. The molecule has 3 aliphatic rings. The number of ether oxygens (including phenoxy) is 4. The third-order valence-corrected chi connectivity index (χ3v) is 8.23. The number of hydrogen-bond donors (Lipinski definition) is 0. The van der Waals surface area contributed by atoms with Crippen LogP contribution in [0, 0.1) is 10.1 Å². The molecule has 1 fully saturated rings. The zero-order valence-corrected chi connectivity index (χ0v) is 21.9. The van der Waals surface area contributed by atoms with E-state index in [1.807, 2.05) is 30.3 Å². The molecule has 0 saturated carbocycles. The summed E-state index contributed by atoms with van der Waals surface area (Å²) in [5.41, 5.74) is 4.14. The maximum Gasteiger partial charge on any atom is 0.255 e. The predicted molar refractivity (Wildman–Crippen MR) is 138 cm³/mol. The van der Waals surface area contributed by atoms with Crippen molar-refractivity contribution in [2.24, 2.45) is 0 Å². The SMILES string of the molecule is COc1cc2c(cc1OC)[C@@H]1N(CC2)[C@H](c2ccco2)[C@@H]([N+](=O)[O-])[C@@H]2c3cc(OC)c(OC)cc3CCN12. The van der Waals surface area contributed by atoms with Gasteiger partial charge in [-0.05, 0) is 71.5 Å². The second-order valence-electron chi connectivity index (χ2n) is 9.84. The lowest BCUT2D eigenvalue weighted by molar-refractivity contribution is -0.551. The maximum atomic E-state index is 12.9. The van der Waals surface area contributed by atoms with Gasteiger partial charge in [-0.25, -0.2) is 0 Å². The minimum absolute atomic E-state index is 0.142. The van der Waals surface area contributed by atoms with Gasteiger partial charge in [0.15, 0.2) is 23.0 Å². The summed E-state index contributed by atoms with van der Waals surface area (Å²) in [5.74, 6) is 3.09. The van der Waals surface area contributed by atoms with Gasteiger partial charge in [0.05, 0.1) is 40.9 Å². The van der Waals surface area contributed by atoms with Crippen LogP contribution in [0.3, 0.4) is 0 Å². The topological polar surface area (TPSA) is 99.7 Å². The van der Waals surface area contributed by atoms with Gasteiger partial charge in [0.2, 0.25) is 0 Å². The van der Waals surface area contributed by atoms with Crippen LogP contribution in [0.4, 0.5) is 0 Å². The van der Waals surface area contributed by atoms with Crippen molar-refractivity contribution in [2.75, 3.05) is 41.5 Å². The van der Waals surface area contributed by atoms with Crippen molar-refractivity contribution in [2.45, 2.75) is 37.1 Å². The first kappa shape index (κ1) is 24.6. The van der Waals surface area contributed by atoms with E-state index in [2.05, 4.69) is 9.80 Å². The van der Waals surface area contributed by atoms with Crippen LogP contribution in [0.5, 0.6) is 23.0 Å². The number of hydrogen-bond acceptors (Lipinski definition) is 9. The summed E-state index contributed by atoms with van der Waals surface area (Å²) in [5, 5.41) is 12.9. The van der Waals surface area contributed by atoms with Crippen LogP contribution >= 0.6 is 0 Å². The minimum atomic E-state index is -0.962. The second-order valence-corrected chi connectivity index (χ2v) is 9.84. The van der Waals surface area contributed by atoms with E-state index in [0.29, 0.717) is 41.8 Å². The third kappa shape index (κ3) is 3.62. The van der Waals surface area contributed by atoms with Gasteiger partial charge >= 0.3 is 0 Å². The molecule has 0 amide bonds. The van der Waals surface area contributed by atoms with Gasteiger partial charge in [-0.1, -0.05) is 0 Å². The van der Waals surface area contributed by atoms with Crippen LogP contribution in [-0.2, 0) is 12.8 Å². The van der Waals surface area contributed by atoms with E-state index in [9.17, 15) is 10.1 Å². The standard InChI is InChI=1S/C28H31N3O7/c1-34-21-12-16-7-9-29-25(18(16)14-23(21)36-3)27(31(32)33)26(20-6-5-11-38-20)30-10-8-17-13-22(35-2)24(37-4)15-19(17)28(29)30/h5-6,11-15,25-28H,7-10H2,1-4H3/t25-,26+,27-,28-/m0/s1. The molecule has 2 aromatic carbocycles. The molecular weight excluding hydrogens is 490 g/mol. The van der Waals surface area contributed by atoms with Gasteiger partial charge in [-0.2, -0.15) is 0 Å². The zero-order valence-electron chi connectivity index (χ0n) is 21.9. The average molecular weight is 522 g/mol. The lowest BCUT2D eigenvalue weighted by Crippen LogP contribution is -2.62. The molecule has 6 rings (SSSR count). The Labute approximate surface area is 220 Å². The fraction of sp³-hybridized carbons (Fsp3) is 0.429. The summed E-state index contributed by atoms with van der Waals surface area (Å²) in [6.07, 6.45) is 2.83. The Morgan fingerprint density at radius 3 is 1.87 bits per heavy atom. The van der Waals surface area contributed by atoms with E-state index in [4.69, 9.17) is 23.4 Å². The lowest BCUT2D eigenvalue weighted by Gasteiger charge is -2.56. The van der Waals surface area contributed by atoms with Crippen LogP contribution in [0.1, 0.15) is 46.3 Å². The number of furan rings is 1. The van der Waals surface area contributed by atoms with Crippen LogP contribution < -0.4 is 18.9 Å². The Balaban J connectivity index is 1.58. The highest BCUT2D eigenvalue weighted by atomic mass is 16.6. The minimum Gasteiger partial charge on any atom is -0.493 e. The van der Waals surface area contributed by atoms with E-state index < -0.39 is 18.1 Å². The summed E-state index contributed by atoms with van der Waals surface area (Å²) >= 11 is 0. The first-order valence-electron chi connectivity index (χ1n) is 12.7. The highest BCUT2D eigenvalue weighted by Gasteiger charge is 2.58. The normalized spacial score (nSPS) is 24.4. The van der Waals surface area contributed by atoms with Gasteiger partial charge < -0.3 is 23.4 Å². The Morgan fingerprint density at radius 2 is 1.34 bits per heavy atom. The Hall–Kier alpha value is -3.76. The van der Waals surface area contributed by atoms with Crippen molar-refractivity contribution in [3.63, 3.8) is 0 Å². The van der Waals surface area contributed by atoms with E-state index in [1.165, 1.54) is 0 Å². The van der Waals surface area contributed by atoms with E-state index in [-0.39, 0.29) is 11.1 Å². The first-order chi connectivity index (χ1) is 18.5. The van der Waals surface area contributed by atoms with Crippen LogP contribution in [0.25, 0.3) is 0 Å². The number of rotatable bonds is 6. The molecule has 0 N–H and O–H groups in total. The van der Waals surface area contributed by atoms with Crippen molar-refractivity contribution in [3.05, 3.63) is 80.8 Å². The molecule has 200 valence electrons. The molecule has 38 heavy (non-hydrogen) atoms. The van der Waals surface area contributed by atoms with Gasteiger partial charge in [0.25, 0.3) is 6.04 Å². The molecule has 0 radical (unpaired) electrons. The van der Waals surface area contributed by atoms with Gasteiger partial charge in [-0.3, -0.25) is 19.9 Å².